The molecule has 8 heteroatoms. The highest BCUT2D eigenvalue weighted by molar-refractivity contribution is 7.79. The lowest BCUT2D eigenvalue weighted by Crippen LogP contribution is -2.38. The Balaban J connectivity index is 1.64. The average molecular weight is 573 g/mol. The molecule has 0 radical (unpaired) electrons. The Bertz CT molecular complexity index is 1310. The van der Waals surface area contributed by atoms with Crippen LogP contribution in [-0.4, -0.2) is 42.1 Å². The minimum atomic E-state index is -3.09. The van der Waals surface area contributed by atoms with Gasteiger partial charge < -0.3 is 19.8 Å². The maximum Gasteiger partial charge on any atom is 0.223 e. The van der Waals surface area contributed by atoms with Gasteiger partial charge in [0, 0.05) is 59.5 Å². The van der Waals surface area contributed by atoms with E-state index in [4.69, 9.17) is 5.73 Å². The second-order valence-electron chi connectivity index (χ2n) is 9.62. The molecule has 206 valence electrons. The van der Waals surface area contributed by atoms with Crippen molar-refractivity contribution < 1.29 is 18.7 Å². The Morgan fingerprint density at radius 3 is 1.10 bits per heavy atom. The maximum atomic E-state index is 14.6. The van der Waals surface area contributed by atoms with Gasteiger partial charge in [-0.3, -0.25) is 9.59 Å². The van der Waals surface area contributed by atoms with Gasteiger partial charge in [-0.05, 0) is 0 Å². The van der Waals surface area contributed by atoms with E-state index in [-0.39, 0.29) is 44.2 Å². The summed E-state index contributed by atoms with van der Waals surface area (Å²) < 4.78 is 29.2. The van der Waals surface area contributed by atoms with Gasteiger partial charge in [0.1, 0.15) is 14.3 Å². The number of hydrogen-bond donors (Lipinski definition) is 1. The molecule has 0 fully saturated rings. The van der Waals surface area contributed by atoms with Crippen LogP contribution in [0, 0.1) is 0 Å². The van der Waals surface area contributed by atoms with Gasteiger partial charge in [0.05, 0.1) is 0 Å². The Morgan fingerprint density at radius 1 is 0.525 bits per heavy atom. The number of hydrogen-bond acceptors (Lipinski definition) is 4. The Morgan fingerprint density at radius 2 is 0.825 bits per heavy atom. The molecule has 0 atom stereocenters. The van der Waals surface area contributed by atoms with Gasteiger partial charge in [0.15, 0.2) is 0 Å². The molecular formula is C32H34N2O4P2. The van der Waals surface area contributed by atoms with E-state index in [1.165, 1.54) is 0 Å². The number of rotatable bonds is 13. The summed E-state index contributed by atoms with van der Waals surface area (Å²) in [5.74, 6) is -0.842. The number of primary amides is 1. The molecule has 40 heavy (non-hydrogen) atoms. The summed E-state index contributed by atoms with van der Waals surface area (Å²) in [6, 6.07) is 37.2. The Kier molecular flexibility index (Phi) is 9.93. The van der Waals surface area contributed by atoms with Crippen LogP contribution in [0.5, 0.6) is 0 Å². The van der Waals surface area contributed by atoms with Crippen molar-refractivity contribution in [3.63, 3.8) is 0 Å². The molecule has 0 spiro atoms. The average Bonchev–Trinajstić information content (AvgIpc) is 3.01. The largest absolute Gasteiger partial charge is 0.370 e. The second kappa shape index (κ2) is 13.6. The number of benzene rings is 4. The van der Waals surface area contributed by atoms with Crippen LogP contribution in [0.25, 0.3) is 0 Å². The first-order valence-corrected chi connectivity index (χ1v) is 17.1. The smallest absolute Gasteiger partial charge is 0.223 e. The van der Waals surface area contributed by atoms with E-state index in [0.29, 0.717) is 21.2 Å². The van der Waals surface area contributed by atoms with Crippen LogP contribution >= 0.6 is 14.3 Å². The van der Waals surface area contributed by atoms with Gasteiger partial charge in [0.2, 0.25) is 11.8 Å². The SMILES string of the molecule is NC(=O)CCC(=O)N(CCP(=O)(c1ccccc1)c1ccccc1)CCP(=O)(c1ccccc1)c1ccccc1. The van der Waals surface area contributed by atoms with Gasteiger partial charge in [0.25, 0.3) is 0 Å². The lowest BCUT2D eigenvalue weighted by atomic mass is 10.2. The molecule has 6 nitrogen and oxygen atoms in total. The second-order valence-corrected chi connectivity index (χ2v) is 15.5. The van der Waals surface area contributed by atoms with Crippen LogP contribution < -0.4 is 27.0 Å². The molecule has 4 aromatic rings. The minimum absolute atomic E-state index is 0.0582. The minimum Gasteiger partial charge on any atom is -0.370 e. The molecule has 4 aromatic carbocycles. The Labute approximate surface area is 236 Å². The zero-order chi connectivity index (χ0) is 28.4. The third-order valence-electron chi connectivity index (χ3n) is 7.00. The van der Waals surface area contributed by atoms with E-state index in [0.717, 1.165) is 0 Å². The molecule has 2 N–H and O–H groups in total. The molecule has 0 aliphatic rings. The normalized spacial score (nSPS) is 11.6. The van der Waals surface area contributed by atoms with Crippen molar-refractivity contribution in [3.05, 3.63) is 121 Å². The van der Waals surface area contributed by atoms with E-state index in [1.54, 1.807) is 4.90 Å². The van der Waals surface area contributed by atoms with E-state index < -0.39 is 20.2 Å². The van der Waals surface area contributed by atoms with Crippen LogP contribution in [0.3, 0.4) is 0 Å². The fourth-order valence-corrected chi connectivity index (χ4v) is 10.1. The maximum absolute atomic E-state index is 14.6. The molecule has 0 aliphatic carbocycles. The summed E-state index contributed by atoms with van der Waals surface area (Å²) in [6.45, 7) is 0.366. The van der Waals surface area contributed by atoms with E-state index >= 15 is 0 Å². The molecule has 0 unspecified atom stereocenters. The highest BCUT2D eigenvalue weighted by atomic mass is 31.2. The predicted octanol–water partition coefficient (Wildman–Crippen LogP) is 4.11. The monoisotopic (exact) mass is 572 g/mol. The number of nitrogens with zero attached hydrogens (tertiary/aromatic N) is 1. The zero-order valence-corrected chi connectivity index (χ0v) is 24.1. The van der Waals surface area contributed by atoms with Crippen molar-refractivity contribution in [2.75, 3.05) is 25.4 Å². The number of amides is 2. The van der Waals surface area contributed by atoms with E-state index in [1.807, 2.05) is 121 Å². The van der Waals surface area contributed by atoms with Crippen LogP contribution in [0.1, 0.15) is 12.8 Å². The number of carbonyl (C=O) groups excluding carboxylic acids is 2. The summed E-state index contributed by atoms with van der Waals surface area (Å²) >= 11 is 0. The first-order chi connectivity index (χ1) is 19.3. The van der Waals surface area contributed by atoms with Crippen molar-refractivity contribution in [2.45, 2.75) is 12.8 Å². The van der Waals surface area contributed by atoms with Crippen molar-refractivity contribution in [1.29, 1.82) is 0 Å². The summed E-state index contributed by atoms with van der Waals surface area (Å²) in [4.78, 5) is 26.4. The molecular weight excluding hydrogens is 538 g/mol. The lowest BCUT2D eigenvalue weighted by molar-refractivity contribution is -0.132. The molecule has 0 bridgehead atoms. The number of carbonyl (C=O) groups is 2. The zero-order valence-electron chi connectivity index (χ0n) is 22.3. The predicted molar refractivity (Wildman–Crippen MR) is 164 cm³/mol. The standard InChI is InChI=1S/C32H34N2O4P2/c33-31(35)21-22-32(36)34(23-25-39(37,27-13-5-1-6-14-27)28-15-7-2-8-16-28)24-26-40(38,29-17-9-3-10-18-29)30-19-11-4-12-20-30/h1-20H,21-26H2,(H2,33,35). The van der Waals surface area contributed by atoms with Crippen molar-refractivity contribution >= 4 is 47.3 Å². The molecule has 4 rings (SSSR count). The fraction of sp³-hybridized carbons (Fsp3) is 0.188. The quantitative estimate of drug-likeness (QED) is 0.244. The van der Waals surface area contributed by atoms with E-state index in [9.17, 15) is 18.7 Å². The molecule has 0 aromatic heterocycles. The van der Waals surface area contributed by atoms with Crippen molar-refractivity contribution in [1.82, 2.24) is 4.90 Å². The van der Waals surface area contributed by atoms with Crippen LogP contribution in [0.2, 0.25) is 0 Å². The topological polar surface area (TPSA) is 97.5 Å². The first kappa shape index (κ1) is 29.3. The number of nitrogens with two attached hydrogens (primary N) is 1. The third-order valence-corrected chi connectivity index (χ3v) is 13.2. The molecule has 0 saturated heterocycles. The lowest BCUT2D eigenvalue weighted by Gasteiger charge is -2.28. The summed E-state index contributed by atoms with van der Waals surface area (Å²) in [7, 11) is -6.18. The van der Waals surface area contributed by atoms with E-state index in [2.05, 4.69) is 0 Å². The van der Waals surface area contributed by atoms with Crippen LogP contribution in [0.15, 0.2) is 121 Å². The third kappa shape index (κ3) is 7.07. The summed E-state index contributed by atoms with van der Waals surface area (Å²) in [5, 5.41) is 2.85. The fourth-order valence-electron chi connectivity index (χ4n) is 4.76. The van der Waals surface area contributed by atoms with Gasteiger partial charge in [-0.2, -0.15) is 0 Å². The van der Waals surface area contributed by atoms with Gasteiger partial charge in [-0.25, -0.2) is 0 Å². The van der Waals surface area contributed by atoms with Crippen molar-refractivity contribution in [2.24, 2.45) is 5.73 Å². The van der Waals surface area contributed by atoms with Gasteiger partial charge >= 0.3 is 0 Å². The highest BCUT2D eigenvalue weighted by Gasteiger charge is 2.31. The van der Waals surface area contributed by atoms with Crippen LogP contribution in [0.4, 0.5) is 0 Å². The molecule has 0 saturated carbocycles. The van der Waals surface area contributed by atoms with Crippen molar-refractivity contribution in [3.8, 4) is 0 Å². The van der Waals surface area contributed by atoms with Gasteiger partial charge in [-0.15, -0.1) is 0 Å². The van der Waals surface area contributed by atoms with Gasteiger partial charge in [-0.1, -0.05) is 121 Å². The summed E-state index contributed by atoms with van der Waals surface area (Å²) in [5.41, 5.74) is 5.33. The van der Waals surface area contributed by atoms with Crippen LogP contribution in [-0.2, 0) is 18.7 Å². The highest BCUT2D eigenvalue weighted by Crippen LogP contribution is 2.45. The first-order valence-electron chi connectivity index (χ1n) is 13.3. The molecule has 2 amide bonds. The summed E-state index contributed by atoms with van der Waals surface area (Å²) in [6.07, 6.45) is 0.283. The molecule has 0 aliphatic heterocycles. The molecule has 0 heterocycles. The Hall–Kier alpha value is -3.72.